The molecule has 1 aliphatic heterocycles. The van der Waals surface area contributed by atoms with E-state index in [0.29, 0.717) is 48.4 Å². The van der Waals surface area contributed by atoms with Crippen molar-refractivity contribution in [3.8, 4) is 22.8 Å². The second-order valence-corrected chi connectivity index (χ2v) is 7.00. The quantitative estimate of drug-likeness (QED) is 0.675. The summed E-state index contributed by atoms with van der Waals surface area (Å²) in [5.74, 6) is 0.739. The molecular weight excluding hydrogens is 392 g/mol. The van der Waals surface area contributed by atoms with Crippen LogP contribution >= 0.6 is 11.6 Å². The highest BCUT2D eigenvalue weighted by Crippen LogP contribution is 2.38. The first-order valence-corrected chi connectivity index (χ1v) is 9.64. The number of aromatic nitrogens is 1. The number of halogens is 1. The number of pyridine rings is 1. The van der Waals surface area contributed by atoms with Crippen molar-refractivity contribution in [2.45, 2.75) is 6.42 Å². The van der Waals surface area contributed by atoms with Gasteiger partial charge in [-0.25, -0.2) is 0 Å². The van der Waals surface area contributed by atoms with Gasteiger partial charge in [-0.1, -0.05) is 41.9 Å². The van der Waals surface area contributed by atoms with Crippen LogP contribution in [0.1, 0.15) is 15.9 Å². The van der Waals surface area contributed by atoms with E-state index in [1.54, 1.807) is 12.1 Å². The van der Waals surface area contributed by atoms with Gasteiger partial charge in [-0.05, 0) is 41.8 Å². The number of aromatic amines is 1. The second-order valence-electron chi connectivity index (χ2n) is 6.59. The monoisotopic (exact) mass is 410 g/mol. The minimum absolute atomic E-state index is 0.0740. The van der Waals surface area contributed by atoms with E-state index in [4.69, 9.17) is 21.1 Å². The summed E-state index contributed by atoms with van der Waals surface area (Å²) in [7, 11) is 0. The van der Waals surface area contributed by atoms with Crippen LogP contribution in [-0.2, 0) is 6.42 Å². The van der Waals surface area contributed by atoms with Crippen molar-refractivity contribution in [1.29, 1.82) is 0 Å². The molecule has 1 amide bonds. The number of amides is 1. The van der Waals surface area contributed by atoms with Crippen LogP contribution in [0.4, 0.5) is 0 Å². The van der Waals surface area contributed by atoms with E-state index in [1.165, 1.54) is 6.07 Å². The fourth-order valence-electron chi connectivity index (χ4n) is 3.16. The van der Waals surface area contributed by atoms with Crippen LogP contribution in [0.25, 0.3) is 11.3 Å². The zero-order chi connectivity index (χ0) is 20.2. The normalized spacial score (nSPS) is 12.4. The maximum absolute atomic E-state index is 12.4. The minimum Gasteiger partial charge on any atom is -0.486 e. The third-order valence-corrected chi connectivity index (χ3v) is 4.88. The lowest BCUT2D eigenvalue weighted by Crippen LogP contribution is -2.31. The molecule has 0 bridgehead atoms. The van der Waals surface area contributed by atoms with Crippen molar-refractivity contribution < 1.29 is 14.3 Å². The first kappa shape index (κ1) is 19.1. The average molecular weight is 411 g/mol. The van der Waals surface area contributed by atoms with E-state index in [0.717, 1.165) is 11.1 Å². The molecular formula is C22H19ClN2O4. The van der Waals surface area contributed by atoms with Gasteiger partial charge < -0.3 is 19.8 Å². The van der Waals surface area contributed by atoms with Crippen LogP contribution in [0, 0.1) is 0 Å². The number of ether oxygens (including phenoxy) is 2. The van der Waals surface area contributed by atoms with Gasteiger partial charge in [-0.15, -0.1) is 0 Å². The number of fused-ring (bicyclic) bond motifs is 1. The zero-order valence-corrected chi connectivity index (χ0v) is 16.3. The lowest BCUT2D eigenvalue weighted by Gasteiger charge is -2.20. The molecule has 6 nitrogen and oxygen atoms in total. The highest BCUT2D eigenvalue weighted by Gasteiger charge is 2.17. The Morgan fingerprint density at radius 2 is 1.86 bits per heavy atom. The first-order valence-electron chi connectivity index (χ1n) is 9.27. The predicted molar refractivity (Wildman–Crippen MR) is 111 cm³/mol. The number of nitrogens with one attached hydrogen (secondary N) is 2. The van der Waals surface area contributed by atoms with Crippen LogP contribution in [0.5, 0.6) is 11.5 Å². The summed E-state index contributed by atoms with van der Waals surface area (Å²) in [5, 5.41) is 3.26. The molecule has 1 aliphatic rings. The van der Waals surface area contributed by atoms with Gasteiger partial charge in [0.1, 0.15) is 18.8 Å². The summed E-state index contributed by atoms with van der Waals surface area (Å²) >= 11 is 6.23. The Hall–Kier alpha value is -3.25. The fourth-order valence-corrected chi connectivity index (χ4v) is 3.45. The van der Waals surface area contributed by atoms with Crippen LogP contribution in [0.2, 0.25) is 5.02 Å². The van der Waals surface area contributed by atoms with E-state index in [-0.39, 0.29) is 5.56 Å². The summed E-state index contributed by atoms with van der Waals surface area (Å²) in [5.41, 5.74) is 2.11. The van der Waals surface area contributed by atoms with Crippen molar-refractivity contribution in [1.82, 2.24) is 10.3 Å². The summed E-state index contributed by atoms with van der Waals surface area (Å²) < 4.78 is 11.1. The lowest BCUT2D eigenvalue weighted by molar-refractivity contribution is 0.0952. The number of hydrogen-bond acceptors (Lipinski definition) is 4. The smallest absolute Gasteiger partial charge is 0.261 e. The molecule has 0 unspecified atom stereocenters. The van der Waals surface area contributed by atoms with E-state index in [1.807, 2.05) is 36.4 Å². The van der Waals surface area contributed by atoms with Gasteiger partial charge in [-0.2, -0.15) is 0 Å². The topological polar surface area (TPSA) is 80.4 Å². The number of H-pyrrole nitrogens is 1. The molecule has 1 aromatic heterocycles. The van der Waals surface area contributed by atoms with Crippen molar-refractivity contribution in [2.24, 2.45) is 0 Å². The second kappa shape index (κ2) is 8.41. The van der Waals surface area contributed by atoms with Crippen molar-refractivity contribution in [3.05, 3.63) is 81.1 Å². The molecule has 4 rings (SSSR count). The van der Waals surface area contributed by atoms with Crippen molar-refractivity contribution >= 4 is 17.5 Å². The largest absolute Gasteiger partial charge is 0.486 e. The first-order chi connectivity index (χ1) is 14.1. The number of rotatable bonds is 5. The van der Waals surface area contributed by atoms with Crippen LogP contribution in [0.15, 0.2) is 59.4 Å². The highest BCUT2D eigenvalue weighted by atomic mass is 35.5. The Balaban J connectivity index is 1.40. The van der Waals surface area contributed by atoms with Gasteiger partial charge in [0.2, 0.25) is 0 Å². The van der Waals surface area contributed by atoms with Gasteiger partial charge in [0.05, 0.1) is 5.02 Å². The molecule has 0 spiro atoms. The molecule has 0 aliphatic carbocycles. The molecule has 29 heavy (non-hydrogen) atoms. The number of carbonyl (C=O) groups excluding carboxylic acids is 1. The zero-order valence-electron chi connectivity index (χ0n) is 15.5. The molecule has 2 heterocycles. The van der Waals surface area contributed by atoms with Gasteiger partial charge in [-0.3, -0.25) is 9.59 Å². The van der Waals surface area contributed by atoms with E-state index >= 15 is 0 Å². The summed E-state index contributed by atoms with van der Waals surface area (Å²) in [6, 6.07) is 16.4. The standard InChI is InChI=1S/C22H19ClN2O4/c23-17-12-14(13-19-20(17)29-11-10-28-19)8-9-24-21(26)16-6-7-18(25-22(16)27)15-4-2-1-3-5-15/h1-7,12-13H,8-11H2,(H,24,26)(H,25,27). The Morgan fingerprint density at radius 3 is 2.66 bits per heavy atom. The number of hydrogen-bond donors (Lipinski definition) is 2. The third kappa shape index (κ3) is 4.27. The van der Waals surface area contributed by atoms with Crippen LogP contribution < -0.4 is 20.3 Å². The van der Waals surface area contributed by atoms with Gasteiger partial charge in [0.25, 0.3) is 11.5 Å². The molecule has 0 saturated heterocycles. The van der Waals surface area contributed by atoms with Crippen molar-refractivity contribution in [3.63, 3.8) is 0 Å². The Bertz CT molecular complexity index is 1100. The van der Waals surface area contributed by atoms with E-state index in [2.05, 4.69) is 10.3 Å². The Kier molecular flexibility index (Phi) is 5.53. The maximum Gasteiger partial charge on any atom is 0.261 e. The molecule has 2 N–H and O–H groups in total. The van der Waals surface area contributed by atoms with Crippen molar-refractivity contribution in [2.75, 3.05) is 19.8 Å². The molecule has 0 radical (unpaired) electrons. The summed E-state index contributed by atoms with van der Waals surface area (Å²) in [6.45, 7) is 1.31. The van der Waals surface area contributed by atoms with Gasteiger partial charge in [0, 0.05) is 12.2 Å². The molecule has 7 heteroatoms. The SMILES string of the molecule is O=C(NCCc1cc(Cl)c2c(c1)OCCO2)c1ccc(-c2ccccc2)[nH]c1=O. The van der Waals surface area contributed by atoms with E-state index in [9.17, 15) is 9.59 Å². The lowest BCUT2D eigenvalue weighted by atomic mass is 10.1. The maximum atomic E-state index is 12.4. The Labute approximate surface area is 172 Å². The molecule has 148 valence electrons. The molecule has 2 aromatic carbocycles. The minimum atomic E-state index is -0.425. The summed E-state index contributed by atoms with van der Waals surface area (Å²) in [4.78, 5) is 27.5. The van der Waals surface area contributed by atoms with Gasteiger partial charge >= 0.3 is 0 Å². The predicted octanol–water partition coefficient (Wildman–Crippen LogP) is 3.44. The molecule has 0 fully saturated rings. The molecule has 0 saturated carbocycles. The van der Waals surface area contributed by atoms with E-state index < -0.39 is 11.5 Å². The number of benzene rings is 2. The highest BCUT2D eigenvalue weighted by molar-refractivity contribution is 6.32. The third-order valence-electron chi connectivity index (χ3n) is 4.59. The Morgan fingerprint density at radius 1 is 1.07 bits per heavy atom. The van der Waals surface area contributed by atoms with Crippen LogP contribution in [0.3, 0.4) is 0 Å². The number of carbonyl (C=O) groups is 1. The van der Waals surface area contributed by atoms with Gasteiger partial charge in [0.15, 0.2) is 11.5 Å². The summed E-state index contributed by atoms with van der Waals surface area (Å²) in [6.07, 6.45) is 0.544. The fraction of sp³-hybridized carbons (Fsp3) is 0.182. The molecule has 3 aromatic rings. The molecule has 0 atom stereocenters. The van der Waals surface area contributed by atoms with Crippen LogP contribution in [-0.4, -0.2) is 30.6 Å². The average Bonchev–Trinajstić information content (AvgIpc) is 2.74.